The Balaban J connectivity index is 0.00000256. The topological polar surface area (TPSA) is 59.0 Å². The molecule has 0 amide bonds. The molecular weight excluding hydrogens is 250 g/mol. The summed E-state index contributed by atoms with van der Waals surface area (Å²) in [4.78, 5) is 0. The molecule has 2 N–H and O–H groups in total. The molecule has 0 radical (unpaired) electrons. The molecule has 1 rings (SSSR count). The van der Waals surface area contributed by atoms with Crippen LogP contribution in [-0.4, -0.2) is 13.2 Å². The molecule has 0 aliphatic rings. The fourth-order valence-corrected chi connectivity index (χ4v) is 0.987. The van der Waals surface area contributed by atoms with E-state index in [2.05, 4.69) is 0 Å². The van der Waals surface area contributed by atoms with Gasteiger partial charge in [0.15, 0.2) is 0 Å². The molecule has 0 saturated heterocycles. The van der Waals surface area contributed by atoms with Gasteiger partial charge in [0.25, 0.3) is 0 Å². The van der Waals surface area contributed by atoms with E-state index in [0.717, 1.165) is 6.07 Å². The van der Waals surface area contributed by atoms with Crippen LogP contribution in [0.25, 0.3) is 0 Å². The number of nitriles is 1. The quantitative estimate of drug-likeness (QED) is 0.904. The average Bonchev–Trinajstić information content (AvgIpc) is 2.30. The highest BCUT2D eigenvalue weighted by molar-refractivity contribution is 5.85. The fourth-order valence-electron chi connectivity index (χ4n) is 0.987. The number of nitrogens with zero attached hydrogens (tertiary/aromatic N) is 1. The molecule has 17 heavy (non-hydrogen) atoms. The highest BCUT2D eigenvalue weighted by atomic mass is 35.5. The van der Waals surface area contributed by atoms with Gasteiger partial charge in [-0.1, -0.05) is 0 Å². The molecule has 92 valence electrons. The molecular formula is C11H11ClF2N2O. The van der Waals surface area contributed by atoms with Crippen LogP contribution in [-0.2, 0) is 0 Å². The normalized spacial score (nSPS) is 10.4. The number of nitrogens with two attached hydrogens (primary N) is 1. The fraction of sp³-hybridized carbons (Fsp3) is 0.182. The summed E-state index contributed by atoms with van der Waals surface area (Å²) in [7, 11) is 0. The Morgan fingerprint density at radius 1 is 1.53 bits per heavy atom. The monoisotopic (exact) mass is 260 g/mol. The number of ether oxygens (including phenoxy) is 1. The number of rotatable bonds is 4. The highest BCUT2D eigenvalue weighted by Gasteiger charge is 2.04. The Kier molecular flexibility index (Phi) is 6.87. The van der Waals surface area contributed by atoms with Gasteiger partial charge in [0.2, 0.25) is 0 Å². The predicted molar refractivity (Wildman–Crippen MR) is 62.1 cm³/mol. The lowest BCUT2D eigenvalue weighted by Gasteiger charge is -2.07. The smallest absolute Gasteiger partial charge is 0.144 e. The lowest BCUT2D eigenvalue weighted by molar-refractivity contribution is 0.345. The molecule has 0 aliphatic carbocycles. The van der Waals surface area contributed by atoms with E-state index in [1.807, 2.05) is 0 Å². The summed E-state index contributed by atoms with van der Waals surface area (Å²) < 4.78 is 30.3. The zero-order valence-corrected chi connectivity index (χ0v) is 9.64. The summed E-state index contributed by atoms with van der Waals surface area (Å²) >= 11 is 0. The first kappa shape index (κ1) is 15.4. The van der Waals surface area contributed by atoms with Crippen LogP contribution in [0.4, 0.5) is 8.78 Å². The van der Waals surface area contributed by atoms with Crippen molar-refractivity contribution in [2.75, 3.05) is 13.2 Å². The van der Waals surface area contributed by atoms with Crippen LogP contribution in [0.15, 0.2) is 30.1 Å². The largest absolute Gasteiger partial charge is 0.489 e. The average molecular weight is 261 g/mol. The number of hydrogen-bond donors (Lipinski definition) is 1. The summed E-state index contributed by atoms with van der Waals surface area (Å²) in [6, 6.07) is 5.50. The van der Waals surface area contributed by atoms with Gasteiger partial charge in [0, 0.05) is 18.2 Å². The van der Waals surface area contributed by atoms with Gasteiger partial charge in [0.05, 0.1) is 11.9 Å². The second-order valence-corrected chi connectivity index (χ2v) is 3.01. The van der Waals surface area contributed by atoms with Crippen LogP contribution in [0, 0.1) is 17.1 Å². The van der Waals surface area contributed by atoms with Crippen molar-refractivity contribution < 1.29 is 13.5 Å². The molecule has 0 heterocycles. The van der Waals surface area contributed by atoms with Crippen LogP contribution < -0.4 is 10.5 Å². The van der Waals surface area contributed by atoms with Gasteiger partial charge in [-0.15, -0.1) is 12.4 Å². The van der Waals surface area contributed by atoms with Crippen molar-refractivity contribution in [1.82, 2.24) is 0 Å². The van der Waals surface area contributed by atoms with Crippen molar-refractivity contribution in [3.8, 4) is 11.8 Å². The van der Waals surface area contributed by atoms with Crippen LogP contribution in [0.2, 0.25) is 0 Å². The van der Waals surface area contributed by atoms with Gasteiger partial charge in [-0.05, 0) is 12.1 Å². The van der Waals surface area contributed by atoms with Gasteiger partial charge in [0.1, 0.15) is 24.2 Å². The van der Waals surface area contributed by atoms with E-state index in [1.165, 1.54) is 12.1 Å². The lowest BCUT2D eigenvalue weighted by atomic mass is 10.2. The van der Waals surface area contributed by atoms with E-state index in [4.69, 9.17) is 15.7 Å². The first-order valence-corrected chi connectivity index (χ1v) is 4.52. The van der Waals surface area contributed by atoms with E-state index >= 15 is 0 Å². The zero-order valence-electron chi connectivity index (χ0n) is 8.82. The maximum atomic E-state index is 13.1. The SMILES string of the molecule is Cl.N#Cc1ccc(OCC(=CF)CN)cc1F. The molecule has 6 heteroatoms. The summed E-state index contributed by atoms with van der Waals surface area (Å²) in [6.07, 6.45) is 0.361. The number of hydrogen-bond acceptors (Lipinski definition) is 3. The molecule has 0 aliphatic heterocycles. The maximum Gasteiger partial charge on any atom is 0.144 e. The van der Waals surface area contributed by atoms with Gasteiger partial charge in [-0.25, -0.2) is 8.78 Å². The molecule has 0 unspecified atom stereocenters. The molecule has 0 atom stereocenters. The van der Waals surface area contributed by atoms with Crippen molar-refractivity contribution in [2.24, 2.45) is 5.73 Å². The molecule has 3 nitrogen and oxygen atoms in total. The minimum absolute atomic E-state index is 0. The second kappa shape index (κ2) is 7.60. The Labute approximate surface area is 104 Å². The Bertz CT molecular complexity index is 444. The summed E-state index contributed by atoms with van der Waals surface area (Å²) in [5.74, 6) is -0.442. The van der Waals surface area contributed by atoms with Gasteiger partial charge < -0.3 is 10.5 Å². The highest BCUT2D eigenvalue weighted by Crippen LogP contribution is 2.16. The summed E-state index contributed by atoms with van der Waals surface area (Å²) in [5, 5.41) is 8.50. The summed E-state index contributed by atoms with van der Waals surface area (Å²) in [6.45, 7) is -0.00635. The van der Waals surface area contributed by atoms with E-state index < -0.39 is 5.82 Å². The van der Waals surface area contributed by atoms with Crippen LogP contribution in [0.3, 0.4) is 0 Å². The molecule has 1 aromatic carbocycles. The van der Waals surface area contributed by atoms with Gasteiger partial charge in [-0.3, -0.25) is 0 Å². The summed E-state index contributed by atoms with van der Waals surface area (Å²) in [5.41, 5.74) is 5.42. The molecule has 0 spiro atoms. The standard InChI is InChI=1S/C11H10F2N2O.ClH/c12-4-8(5-14)7-16-10-2-1-9(6-15)11(13)3-10;/h1-4H,5,7,14H2;1H. The minimum atomic E-state index is -0.668. The Hall–Kier alpha value is -1.64. The third-order valence-electron chi connectivity index (χ3n) is 1.90. The lowest BCUT2D eigenvalue weighted by Crippen LogP contribution is -2.10. The Morgan fingerprint density at radius 2 is 2.24 bits per heavy atom. The predicted octanol–water partition coefficient (Wildman–Crippen LogP) is 2.31. The van der Waals surface area contributed by atoms with Crippen molar-refractivity contribution in [1.29, 1.82) is 5.26 Å². The van der Waals surface area contributed by atoms with Crippen molar-refractivity contribution in [2.45, 2.75) is 0 Å². The Morgan fingerprint density at radius 3 is 2.71 bits per heavy atom. The third kappa shape index (κ3) is 4.39. The van der Waals surface area contributed by atoms with E-state index in [9.17, 15) is 8.78 Å². The van der Waals surface area contributed by atoms with Gasteiger partial charge >= 0.3 is 0 Å². The third-order valence-corrected chi connectivity index (χ3v) is 1.90. The van der Waals surface area contributed by atoms with Crippen LogP contribution in [0.5, 0.6) is 5.75 Å². The zero-order chi connectivity index (χ0) is 12.0. The maximum absolute atomic E-state index is 13.1. The van der Waals surface area contributed by atoms with E-state index in [-0.39, 0.29) is 42.4 Å². The van der Waals surface area contributed by atoms with E-state index in [1.54, 1.807) is 6.07 Å². The van der Waals surface area contributed by atoms with Gasteiger partial charge in [-0.2, -0.15) is 5.26 Å². The van der Waals surface area contributed by atoms with Crippen LogP contribution >= 0.6 is 12.4 Å². The van der Waals surface area contributed by atoms with Crippen molar-refractivity contribution in [3.63, 3.8) is 0 Å². The molecule has 0 saturated carbocycles. The van der Waals surface area contributed by atoms with E-state index in [0.29, 0.717) is 6.33 Å². The molecule has 0 fully saturated rings. The van der Waals surface area contributed by atoms with Crippen molar-refractivity contribution >= 4 is 12.4 Å². The first-order valence-electron chi connectivity index (χ1n) is 4.52. The number of benzene rings is 1. The van der Waals surface area contributed by atoms with Crippen molar-refractivity contribution in [3.05, 3.63) is 41.5 Å². The molecule has 0 aromatic heterocycles. The molecule has 1 aromatic rings. The molecule has 0 bridgehead atoms. The minimum Gasteiger partial charge on any atom is -0.489 e. The van der Waals surface area contributed by atoms with Crippen LogP contribution in [0.1, 0.15) is 5.56 Å². The first-order chi connectivity index (χ1) is 7.71. The second-order valence-electron chi connectivity index (χ2n) is 3.01. The number of halogens is 3.